The molecule has 5 nitrogen and oxygen atoms in total. The van der Waals surface area contributed by atoms with Crippen molar-refractivity contribution in [3.05, 3.63) is 106 Å². The maximum Gasteiger partial charge on any atom is 0.139 e. The zero-order chi connectivity index (χ0) is 27.6. The second-order valence-electron chi connectivity index (χ2n) is 10.4. The van der Waals surface area contributed by atoms with E-state index in [1.165, 1.54) is 12.3 Å². The molecule has 0 bridgehead atoms. The normalized spacial score (nSPS) is 14.6. The Balaban J connectivity index is 1.51. The van der Waals surface area contributed by atoms with E-state index >= 15 is 0 Å². The molecule has 1 aliphatic carbocycles. The molecule has 0 saturated heterocycles. The first-order chi connectivity index (χ1) is 18.8. The van der Waals surface area contributed by atoms with Gasteiger partial charge in [0.1, 0.15) is 23.7 Å². The Morgan fingerprint density at radius 1 is 1.10 bits per heavy atom. The van der Waals surface area contributed by atoms with Gasteiger partial charge in [0.2, 0.25) is 0 Å². The Morgan fingerprint density at radius 3 is 2.67 bits per heavy atom. The van der Waals surface area contributed by atoms with E-state index < -0.39 is 5.54 Å². The summed E-state index contributed by atoms with van der Waals surface area (Å²) in [6.45, 7) is 4.24. The van der Waals surface area contributed by atoms with Gasteiger partial charge in [0.25, 0.3) is 0 Å². The predicted octanol–water partition coefficient (Wildman–Crippen LogP) is 7.01. The number of nitrogens with one attached hydrogen (secondary N) is 1. The van der Waals surface area contributed by atoms with Crippen LogP contribution in [0.25, 0.3) is 22.3 Å². The average molecular weight is 542 g/mol. The molecule has 0 fully saturated rings. The summed E-state index contributed by atoms with van der Waals surface area (Å²) >= 11 is 6.77. The average Bonchev–Trinajstić information content (AvgIpc) is 3.36. The van der Waals surface area contributed by atoms with Crippen LogP contribution < -0.4 is 10.1 Å². The van der Waals surface area contributed by atoms with E-state index in [1.807, 2.05) is 50.2 Å². The van der Waals surface area contributed by atoms with Gasteiger partial charge in [-0.15, -0.1) is 0 Å². The number of nitriles is 1. The Bertz CT molecular complexity index is 1560. The highest BCUT2D eigenvalue weighted by molar-refractivity contribution is 6.32. The molecule has 0 spiro atoms. The molecule has 4 aromatic rings. The Kier molecular flexibility index (Phi) is 7.67. The number of hydrogen-bond donors (Lipinski definition) is 2. The molecule has 0 amide bonds. The van der Waals surface area contributed by atoms with Gasteiger partial charge in [-0.3, -0.25) is 4.98 Å². The predicted molar refractivity (Wildman–Crippen MR) is 151 cm³/mol. The van der Waals surface area contributed by atoms with Gasteiger partial charge in [-0.25, -0.2) is 4.39 Å². The summed E-state index contributed by atoms with van der Waals surface area (Å²) in [4.78, 5) is 4.24. The van der Waals surface area contributed by atoms with Gasteiger partial charge in [0, 0.05) is 35.6 Å². The Labute approximate surface area is 232 Å². The van der Waals surface area contributed by atoms with Crippen molar-refractivity contribution in [3.8, 4) is 34.1 Å². The number of rotatable bonds is 8. The highest BCUT2D eigenvalue weighted by Gasteiger charge is 2.28. The van der Waals surface area contributed by atoms with Crippen LogP contribution in [-0.4, -0.2) is 22.2 Å². The Hall–Kier alpha value is -3.76. The summed E-state index contributed by atoms with van der Waals surface area (Å²) in [5, 5.41) is 22.9. The minimum absolute atomic E-state index is 0.0291. The van der Waals surface area contributed by atoms with Crippen molar-refractivity contribution in [2.75, 3.05) is 6.61 Å². The molecule has 2 N–H and O–H groups in total. The molecule has 5 rings (SSSR count). The highest BCUT2D eigenvalue weighted by atomic mass is 35.5. The van der Waals surface area contributed by atoms with Gasteiger partial charge in [0.15, 0.2) is 0 Å². The van der Waals surface area contributed by atoms with Crippen molar-refractivity contribution in [1.29, 1.82) is 5.26 Å². The van der Waals surface area contributed by atoms with Crippen molar-refractivity contribution < 1.29 is 14.2 Å². The number of hydrogen-bond acceptors (Lipinski definition) is 5. The lowest BCUT2D eigenvalue weighted by Gasteiger charge is -2.25. The first kappa shape index (κ1) is 26.8. The van der Waals surface area contributed by atoms with Crippen LogP contribution in [-0.2, 0) is 13.0 Å². The number of aliphatic hydroxyl groups excluding tert-OH is 1. The summed E-state index contributed by atoms with van der Waals surface area (Å²) in [5.41, 5.74) is 6.03. The first-order valence-electron chi connectivity index (χ1n) is 12.9. The number of benzene rings is 3. The fourth-order valence-electron chi connectivity index (χ4n) is 4.96. The lowest BCUT2D eigenvalue weighted by Crippen LogP contribution is -2.42. The quantitative estimate of drug-likeness (QED) is 0.251. The summed E-state index contributed by atoms with van der Waals surface area (Å²) in [7, 11) is 0. The molecular formula is C32H29ClFN3O2. The molecule has 1 aliphatic rings. The smallest absolute Gasteiger partial charge is 0.139 e. The number of pyridine rings is 1. The minimum Gasteiger partial charge on any atom is -0.484 e. The fraction of sp³-hybridized carbons (Fsp3) is 0.250. The fourth-order valence-corrected chi connectivity index (χ4v) is 5.19. The number of fused-ring (bicyclic) bond motifs is 1. The zero-order valence-corrected chi connectivity index (χ0v) is 22.6. The van der Waals surface area contributed by atoms with Crippen molar-refractivity contribution in [2.45, 2.75) is 44.9 Å². The third-order valence-electron chi connectivity index (χ3n) is 7.14. The molecule has 198 valence electrons. The molecule has 1 heterocycles. The third-order valence-corrected chi connectivity index (χ3v) is 7.43. The monoisotopic (exact) mass is 541 g/mol. The molecule has 1 atom stereocenters. The number of aliphatic hydroxyl groups is 1. The third kappa shape index (κ3) is 5.67. The summed E-state index contributed by atoms with van der Waals surface area (Å²) in [6.07, 6.45) is 4.50. The van der Waals surface area contributed by atoms with E-state index in [4.69, 9.17) is 16.3 Å². The van der Waals surface area contributed by atoms with E-state index in [0.717, 1.165) is 46.2 Å². The molecule has 7 heteroatoms. The van der Waals surface area contributed by atoms with Crippen LogP contribution in [0.5, 0.6) is 5.75 Å². The summed E-state index contributed by atoms with van der Waals surface area (Å²) in [5.74, 6) is 0.276. The molecule has 0 radical (unpaired) electrons. The maximum absolute atomic E-state index is 14.6. The van der Waals surface area contributed by atoms with Crippen molar-refractivity contribution in [1.82, 2.24) is 10.3 Å². The van der Waals surface area contributed by atoms with E-state index in [9.17, 15) is 14.8 Å². The lowest BCUT2D eigenvalue weighted by molar-refractivity contribution is 0.187. The van der Waals surface area contributed by atoms with Crippen LogP contribution >= 0.6 is 11.6 Å². The van der Waals surface area contributed by atoms with E-state index in [0.29, 0.717) is 28.4 Å². The molecule has 39 heavy (non-hydrogen) atoms. The van der Waals surface area contributed by atoms with Gasteiger partial charge in [-0.05, 0) is 78.8 Å². The summed E-state index contributed by atoms with van der Waals surface area (Å²) in [6, 6.07) is 20.4. The first-order valence-corrected chi connectivity index (χ1v) is 13.2. The molecule has 0 saturated carbocycles. The largest absolute Gasteiger partial charge is 0.484 e. The second kappa shape index (κ2) is 11.2. The molecule has 0 unspecified atom stereocenters. The number of halogens is 2. The lowest BCUT2D eigenvalue weighted by atomic mass is 9.96. The number of nitrogens with zero attached hydrogens (tertiary/aromatic N) is 2. The van der Waals surface area contributed by atoms with Gasteiger partial charge < -0.3 is 15.2 Å². The zero-order valence-electron chi connectivity index (χ0n) is 21.8. The molecule has 0 aliphatic heterocycles. The molecular weight excluding hydrogens is 513 g/mol. The van der Waals surface area contributed by atoms with E-state index in [-0.39, 0.29) is 18.5 Å². The number of ether oxygens (including phenoxy) is 1. The standard InChI is InChI=1S/C32H29ClFN3O2/c1-32(2,19-38)37-18-22-13-28(33)31(14-27(22)21-12-20(15-35)16-36-17-21)39-30-11-10-24-23(7-5-8-26(24)30)25-6-3-4-9-29(25)34/h3-9,12-14,16-17,30,37-38H,10-11,18-19H2,1-2H3/t30-/m0/s1. The topological polar surface area (TPSA) is 78.2 Å². The second-order valence-corrected chi connectivity index (χ2v) is 10.8. The van der Waals surface area contributed by atoms with Gasteiger partial charge in [-0.1, -0.05) is 48.0 Å². The van der Waals surface area contributed by atoms with Gasteiger partial charge in [-0.2, -0.15) is 5.26 Å². The van der Waals surface area contributed by atoms with Gasteiger partial charge >= 0.3 is 0 Å². The van der Waals surface area contributed by atoms with Crippen molar-refractivity contribution in [2.24, 2.45) is 0 Å². The molecule has 3 aromatic carbocycles. The summed E-state index contributed by atoms with van der Waals surface area (Å²) < 4.78 is 21.1. The van der Waals surface area contributed by atoms with Crippen LogP contribution in [0, 0.1) is 17.1 Å². The van der Waals surface area contributed by atoms with Crippen LogP contribution in [0.3, 0.4) is 0 Å². The van der Waals surface area contributed by atoms with Crippen molar-refractivity contribution in [3.63, 3.8) is 0 Å². The SMILES string of the molecule is CC(C)(CO)NCc1cc(Cl)c(O[C@H]2CCc3c(-c4ccccc4F)cccc32)cc1-c1cncc(C#N)c1. The van der Waals surface area contributed by atoms with Crippen LogP contribution in [0.2, 0.25) is 5.02 Å². The Morgan fingerprint density at radius 2 is 1.90 bits per heavy atom. The van der Waals surface area contributed by atoms with E-state index in [1.54, 1.807) is 24.4 Å². The van der Waals surface area contributed by atoms with Crippen LogP contribution in [0.1, 0.15) is 48.6 Å². The van der Waals surface area contributed by atoms with Gasteiger partial charge in [0.05, 0.1) is 17.2 Å². The highest BCUT2D eigenvalue weighted by Crippen LogP contribution is 2.43. The van der Waals surface area contributed by atoms with Crippen molar-refractivity contribution >= 4 is 11.6 Å². The minimum atomic E-state index is -0.491. The molecule has 1 aromatic heterocycles. The van der Waals surface area contributed by atoms with E-state index in [2.05, 4.69) is 16.4 Å². The van der Waals surface area contributed by atoms with Crippen LogP contribution in [0.15, 0.2) is 73.1 Å². The van der Waals surface area contributed by atoms with Crippen LogP contribution in [0.4, 0.5) is 4.39 Å². The number of aromatic nitrogens is 1. The maximum atomic E-state index is 14.6.